The Labute approximate surface area is 152 Å². The van der Waals surface area contributed by atoms with E-state index in [1.54, 1.807) is 11.1 Å². The van der Waals surface area contributed by atoms with Crippen molar-refractivity contribution < 1.29 is 4.79 Å². The molecule has 2 fully saturated rings. The molecule has 3 heterocycles. The minimum Gasteiger partial charge on any atom is -0.314 e. The van der Waals surface area contributed by atoms with Crippen LogP contribution in [0.1, 0.15) is 12.1 Å². The molecule has 132 valence electrons. The molecule has 2 amide bonds. The van der Waals surface area contributed by atoms with E-state index in [9.17, 15) is 10.1 Å². The lowest BCUT2D eigenvalue weighted by atomic mass is 10.0. The SMILES string of the molecule is Cc1cc(-c2ccc(NC(=O)N3C(C#N)CC4CNCC43)cc2)ccn1. The number of nitrogens with one attached hydrogen (secondary N) is 2. The number of aryl methyl sites for hydroxylation is 1. The van der Waals surface area contributed by atoms with Crippen LogP contribution in [0.5, 0.6) is 0 Å². The summed E-state index contributed by atoms with van der Waals surface area (Å²) in [6, 6.07) is 13.6. The number of amides is 2. The van der Waals surface area contributed by atoms with Crippen LogP contribution in [0, 0.1) is 24.2 Å². The van der Waals surface area contributed by atoms with Gasteiger partial charge in [-0.25, -0.2) is 4.79 Å². The fraction of sp³-hybridized carbons (Fsp3) is 0.350. The number of pyridine rings is 1. The molecule has 2 aromatic rings. The molecule has 1 aromatic carbocycles. The third kappa shape index (κ3) is 3.02. The van der Waals surface area contributed by atoms with E-state index in [2.05, 4.69) is 21.7 Å². The van der Waals surface area contributed by atoms with Gasteiger partial charge in [0.15, 0.2) is 0 Å². The number of nitriles is 1. The maximum Gasteiger partial charge on any atom is 0.323 e. The molecule has 2 aliphatic rings. The Balaban J connectivity index is 1.49. The van der Waals surface area contributed by atoms with Gasteiger partial charge < -0.3 is 15.5 Å². The minimum atomic E-state index is -0.342. The highest BCUT2D eigenvalue weighted by molar-refractivity contribution is 5.90. The largest absolute Gasteiger partial charge is 0.323 e. The van der Waals surface area contributed by atoms with Gasteiger partial charge in [0.2, 0.25) is 0 Å². The highest BCUT2D eigenvalue weighted by Crippen LogP contribution is 2.32. The molecule has 0 bridgehead atoms. The molecule has 3 unspecified atom stereocenters. The van der Waals surface area contributed by atoms with Gasteiger partial charge in [0.05, 0.1) is 12.1 Å². The Morgan fingerprint density at radius 3 is 2.81 bits per heavy atom. The summed E-state index contributed by atoms with van der Waals surface area (Å²) in [4.78, 5) is 18.7. The first-order valence-corrected chi connectivity index (χ1v) is 8.88. The van der Waals surface area contributed by atoms with Crippen LogP contribution in [-0.4, -0.2) is 41.1 Å². The van der Waals surface area contributed by atoms with Crippen molar-refractivity contribution in [3.05, 3.63) is 48.3 Å². The molecule has 0 saturated carbocycles. The zero-order chi connectivity index (χ0) is 18.1. The smallest absolute Gasteiger partial charge is 0.314 e. The first-order valence-electron chi connectivity index (χ1n) is 8.88. The van der Waals surface area contributed by atoms with Crippen molar-refractivity contribution in [2.75, 3.05) is 18.4 Å². The molecule has 0 aliphatic carbocycles. The lowest BCUT2D eigenvalue weighted by Crippen LogP contribution is -2.45. The van der Waals surface area contributed by atoms with Gasteiger partial charge in [0.1, 0.15) is 6.04 Å². The molecule has 4 rings (SSSR count). The molecule has 2 saturated heterocycles. The van der Waals surface area contributed by atoms with Gasteiger partial charge in [-0.15, -0.1) is 0 Å². The molecular formula is C20H21N5O. The van der Waals surface area contributed by atoms with Crippen LogP contribution in [0.3, 0.4) is 0 Å². The normalized spacial score (nSPS) is 24.2. The highest BCUT2D eigenvalue weighted by Gasteiger charge is 2.46. The molecule has 0 spiro atoms. The fourth-order valence-corrected chi connectivity index (χ4v) is 3.98. The number of carbonyl (C=O) groups is 1. The number of carbonyl (C=O) groups excluding carboxylic acids is 1. The van der Waals surface area contributed by atoms with Crippen LogP contribution in [0.25, 0.3) is 11.1 Å². The van der Waals surface area contributed by atoms with Crippen LogP contribution >= 0.6 is 0 Å². The third-order valence-electron chi connectivity index (χ3n) is 5.27. The zero-order valence-corrected chi connectivity index (χ0v) is 14.6. The summed E-state index contributed by atoms with van der Waals surface area (Å²) in [5, 5.41) is 15.7. The molecular weight excluding hydrogens is 326 g/mol. The monoisotopic (exact) mass is 347 g/mol. The molecule has 1 aromatic heterocycles. The first-order chi connectivity index (χ1) is 12.7. The number of anilines is 1. The summed E-state index contributed by atoms with van der Waals surface area (Å²) in [5.41, 5.74) is 3.87. The number of hydrogen-bond donors (Lipinski definition) is 2. The maximum atomic E-state index is 12.8. The number of aromatic nitrogens is 1. The summed E-state index contributed by atoms with van der Waals surface area (Å²) < 4.78 is 0. The van der Waals surface area contributed by atoms with Crippen molar-refractivity contribution in [2.24, 2.45) is 5.92 Å². The van der Waals surface area contributed by atoms with Crippen LogP contribution in [0.2, 0.25) is 0 Å². The molecule has 2 N–H and O–H groups in total. The van der Waals surface area contributed by atoms with E-state index in [1.807, 2.05) is 43.3 Å². The summed E-state index contributed by atoms with van der Waals surface area (Å²) >= 11 is 0. The van der Waals surface area contributed by atoms with E-state index in [-0.39, 0.29) is 18.1 Å². The van der Waals surface area contributed by atoms with Gasteiger partial charge in [0, 0.05) is 30.7 Å². The molecule has 3 atom stereocenters. The number of benzene rings is 1. The van der Waals surface area contributed by atoms with Crippen LogP contribution < -0.4 is 10.6 Å². The number of nitrogens with zero attached hydrogens (tertiary/aromatic N) is 3. The van der Waals surface area contributed by atoms with Gasteiger partial charge in [0.25, 0.3) is 0 Å². The Morgan fingerprint density at radius 2 is 2.08 bits per heavy atom. The Bertz CT molecular complexity index is 857. The average Bonchev–Trinajstić information content (AvgIpc) is 3.22. The van der Waals surface area contributed by atoms with Gasteiger partial charge in [-0.3, -0.25) is 4.98 Å². The van der Waals surface area contributed by atoms with Crippen molar-refractivity contribution >= 4 is 11.7 Å². The van der Waals surface area contributed by atoms with Crippen molar-refractivity contribution in [2.45, 2.75) is 25.4 Å². The van der Waals surface area contributed by atoms with Gasteiger partial charge in [-0.1, -0.05) is 12.1 Å². The summed E-state index contributed by atoms with van der Waals surface area (Å²) in [6.07, 6.45) is 2.55. The second-order valence-corrected chi connectivity index (χ2v) is 6.97. The van der Waals surface area contributed by atoms with E-state index in [4.69, 9.17) is 0 Å². The molecule has 2 aliphatic heterocycles. The van der Waals surface area contributed by atoms with E-state index in [0.717, 1.165) is 42.0 Å². The van der Waals surface area contributed by atoms with E-state index >= 15 is 0 Å². The predicted molar refractivity (Wildman–Crippen MR) is 99.4 cm³/mol. The summed E-state index contributed by atoms with van der Waals surface area (Å²) in [5.74, 6) is 0.378. The zero-order valence-electron chi connectivity index (χ0n) is 14.6. The molecule has 0 radical (unpaired) electrons. The van der Waals surface area contributed by atoms with Gasteiger partial charge in [-0.05, 0) is 54.7 Å². The standard InChI is InChI=1S/C20H21N5O/c1-13-8-15(6-7-23-13)14-2-4-17(5-3-14)24-20(26)25-18(10-21)9-16-11-22-12-19(16)25/h2-8,16,18-19,22H,9,11-12H2,1H3,(H,24,26). The second-order valence-electron chi connectivity index (χ2n) is 6.97. The van der Waals surface area contributed by atoms with Crippen LogP contribution in [-0.2, 0) is 0 Å². The number of urea groups is 1. The van der Waals surface area contributed by atoms with Gasteiger partial charge >= 0.3 is 6.03 Å². The third-order valence-corrected chi connectivity index (χ3v) is 5.27. The number of likely N-dealkylation sites (tertiary alicyclic amines) is 1. The minimum absolute atomic E-state index is 0.110. The van der Waals surface area contributed by atoms with Crippen LogP contribution in [0.15, 0.2) is 42.6 Å². The lowest BCUT2D eigenvalue weighted by molar-refractivity contribution is 0.197. The fourth-order valence-electron chi connectivity index (χ4n) is 3.98. The van der Waals surface area contributed by atoms with Crippen LogP contribution in [0.4, 0.5) is 10.5 Å². The van der Waals surface area contributed by atoms with E-state index in [1.165, 1.54) is 0 Å². The molecule has 26 heavy (non-hydrogen) atoms. The summed E-state index contributed by atoms with van der Waals surface area (Å²) in [7, 11) is 0. The predicted octanol–water partition coefficient (Wildman–Crippen LogP) is 2.77. The van der Waals surface area contributed by atoms with E-state index in [0.29, 0.717) is 5.92 Å². The second kappa shape index (κ2) is 6.77. The maximum absolute atomic E-state index is 12.8. The Morgan fingerprint density at radius 1 is 1.27 bits per heavy atom. The Kier molecular flexibility index (Phi) is 4.31. The number of rotatable bonds is 2. The molecule has 6 heteroatoms. The van der Waals surface area contributed by atoms with Crippen molar-refractivity contribution in [3.8, 4) is 17.2 Å². The number of fused-ring (bicyclic) bond motifs is 1. The van der Waals surface area contributed by atoms with E-state index < -0.39 is 0 Å². The Hall–Kier alpha value is -2.91. The highest BCUT2D eigenvalue weighted by atomic mass is 16.2. The van der Waals surface area contributed by atoms with Crippen molar-refractivity contribution in [3.63, 3.8) is 0 Å². The first kappa shape index (κ1) is 16.6. The topological polar surface area (TPSA) is 81.0 Å². The van der Waals surface area contributed by atoms with Crippen molar-refractivity contribution in [1.29, 1.82) is 5.26 Å². The molecule has 6 nitrogen and oxygen atoms in total. The number of hydrogen-bond acceptors (Lipinski definition) is 4. The summed E-state index contributed by atoms with van der Waals surface area (Å²) in [6.45, 7) is 3.61. The quantitative estimate of drug-likeness (QED) is 0.875. The lowest BCUT2D eigenvalue weighted by Gasteiger charge is -2.26. The van der Waals surface area contributed by atoms with Gasteiger partial charge in [-0.2, -0.15) is 5.26 Å². The average molecular weight is 347 g/mol. The van der Waals surface area contributed by atoms with Crippen molar-refractivity contribution in [1.82, 2.24) is 15.2 Å².